The van der Waals surface area contributed by atoms with Crippen molar-refractivity contribution in [2.75, 3.05) is 0 Å². The normalized spacial score (nSPS) is 11.3. The molecular weight excluding hydrogens is 330 g/mol. The third-order valence-corrected chi connectivity index (χ3v) is 3.75. The van der Waals surface area contributed by atoms with Gasteiger partial charge in [-0.1, -0.05) is 18.2 Å². The lowest BCUT2D eigenvalue weighted by Crippen LogP contribution is -2.25. The Morgan fingerprint density at radius 3 is 2.65 bits per heavy atom. The van der Waals surface area contributed by atoms with Crippen LogP contribution in [0, 0.1) is 0 Å². The summed E-state index contributed by atoms with van der Waals surface area (Å²) in [5.74, 6) is -0.764. The van der Waals surface area contributed by atoms with E-state index < -0.39 is 11.6 Å². The smallest absolute Gasteiger partial charge is 0.357 e. The second kappa shape index (κ2) is 7.00. The molecule has 3 rings (SSSR count). The van der Waals surface area contributed by atoms with Gasteiger partial charge < -0.3 is 15.0 Å². The molecule has 1 aromatic carbocycles. The van der Waals surface area contributed by atoms with E-state index in [0.717, 1.165) is 16.5 Å². The number of benzene rings is 1. The Labute approximate surface area is 151 Å². The van der Waals surface area contributed by atoms with E-state index in [1.807, 2.05) is 30.5 Å². The van der Waals surface area contributed by atoms with Gasteiger partial charge in [-0.25, -0.2) is 9.78 Å². The van der Waals surface area contributed by atoms with Crippen LogP contribution in [0.3, 0.4) is 0 Å². The zero-order valence-electron chi connectivity index (χ0n) is 15.0. The van der Waals surface area contributed by atoms with E-state index in [4.69, 9.17) is 4.74 Å². The van der Waals surface area contributed by atoms with E-state index in [2.05, 4.69) is 15.3 Å². The Hall–Kier alpha value is -3.15. The molecule has 0 aliphatic heterocycles. The van der Waals surface area contributed by atoms with E-state index in [0.29, 0.717) is 12.1 Å². The highest BCUT2D eigenvalue weighted by Gasteiger charge is 2.19. The van der Waals surface area contributed by atoms with Crippen molar-refractivity contribution in [2.24, 2.45) is 0 Å². The summed E-state index contributed by atoms with van der Waals surface area (Å²) in [5, 5.41) is 3.97. The number of nitrogens with one attached hydrogen (secondary N) is 2. The number of hydrogen-bond donors (Lipinski definition) is 2. The Balaban J connectivity index is 1.65. The van der Waals surface area contributed by atoms with Crippen LogP contribution in [0.4, 0.5) is 0 Å². The second-order valence-electron chi connectivity index (χ2n) is 6.98. The number of rotatable bonds is 4. The molecule has 6 nitrogen and oxygen atoms in total. The van der Waals surface area contributed by atoms with E-state index in [9.17, 15) is 9.59 Å². The van der Waals surface area contributed by atoms with Crippen molar-refractivity contribution in [1.82, 2.24) is 15.3 Å². The second-order valence-corrected chi connectivity index (χ2v) is 6.98. The highest BCUT2D eigenvalue weighted by molar-refractivity contribution is 5.95. The van der Waals surface area contributed by atoms with Crippen LogP contribution < -0.4 is 5.32 Å². The molecule has 2 N–H and O–H groups in total. The molecule has 6 heteroatoms. The number of carbonyl (C=O) groups is 2. The Morgan fingerprint density at radius 2 is 1.96 bits per heavy atom. The molecule has 2 heterocycles. The zero-order chi connectivity index (χ0) is 18.7. The number of carbonyl (C=O) groups excluding carboxylic acids is 2. The fourth-order valence-electron chi connectivity index (χ4n) is 2.55. The summed E-state index contributed by atoms with van der Waals surface area (Å²) < 4.78 is 5.26. The molecule has 0 spiro atoms. The number of esters is 1. The van der Waals surface area contributed by atoms with Gasteiger partial charge in [-0.2, -0.15) is 0 Å². The average molecular weight is 351 g/mol. The van der Waals surface area contributed by atoms with Gasteiger partial charge in [-0.3, -0.25) is 4.79 Å². The number of aromatic amines is 1. The summed E-state index contributed by atoms with van der Waals surface area (Å²) in [6, 6.07) is 11.0. The fraction of sp³-hybridized carbons (Fsp3) is 0.250. The van der Waals surface area contributed by atoms with Crippen molar-refractivity contribution < 1.29 is 14.3 Å². The first-order valence-corrected chi connectivity index (χ1v) is 8.36. The minimum Gasteiger partial charge on any atom is -0.455 e. The van der Waals surface area contributed by atoms with Crippen molar-refractivity contribution >= 4 is 22.8 Å². The molecule has 134 valence electrons. The fourth-order valence-corrected chi connectivity index (χ4v) is 2.55. The number of aromatic nitrogens is 2. The molecule has 1 amide bonds. The Bertz CT molecular complexity index is 937. The molecule has 0 fully saturated rings. The van der Waals surface area contributed by atoms with Crippen LogP contribution >= 0.6 is 0 Å². The van der Waals surface area contributed by atoms with Gasteiger partial charge in [0.15, 0.2) is 0 Å². The van der Waals surface area contributed by atoms with Crippen LogP contribution in [0.5, 0.6) is 0 Å². The van der Waals surface area contributed by atoms with Crippen molar-refractivity contribution in [1.29, 1.82) is 0 Å². The number of hydrogen-bond acceptors (Lipinski definition) is 4. The van der Waals surface area contributed by atoms with Gasteiger partial charge >= 0.3 is 5.97 Å². The highest BCUT2D eigenvalue weighted by Crippen LogP contribution is 2.17. The molecule has 0 aliphatic rings. The van der Waals surface area contributed by atoms with E-state index in [-0.39, 0.29) is 11.6 Å². The number of pyridine rings is 1. The predicted molar refractivity (Wildman–Crippen MR) is 98.9 cm³/mol. The number of para-hydroxylation sites is 1. The summed E-state index contributed by atoms with van der Waals surface area (Å²) in [7, 11) is 0. The van der Waals surface area contributed by atoms with Gasteiger partial charge in [-0.05, 0) is 49.9 Å². The first kappa shape index (κ1) is 17.7. The Morgan fingerprint density at radius 1 is 1.15 bits per heavy atom. The van der Waals surface area contributed by atoms with Crippen LogP contribution in [0.15, 0.2) is 48.8 Å². The standard InChI is InChI=1S/C20H21N3O3/c1-20(2,3)26-19(25)16-8-7-15(12-22-16)18(24)23-11-14-6-4-5-13-9-10-21-17(13)14/h4-10,12,21H,11H2,1-3H3,(H,23,24). The summed E-state index contributed by atoms with van der Waals surface area (Å²) in [4.78, 5) is 31.5. The molecule has 26 heavy (non-hydrogen) atoms. The summed E-state index contributed by atoms with van der Waals surface area (Å²) in [5.41, 5.74) is 1.97. The number of nitrogens with zero attached hydrogens (tertiary/aromatic N) is 1. The van der Waals surface area contributed by atoms with Gasteiger partial charge in [-0.15, -0.1) is 0 Å². The lowest BCUT2D eigenvalue weighted by molar-refractivity contribution is 0.00626. The summed E-state index contributed by atoms with van der Waals surface area (Å²) in [6.45, 7) is 5.76. The lowest BCUT2D eigenvalue weighted by atomic mass is 10.1. The summed E-state index contributed by atoms with van der Waals surface area (Å²) >= 11 is 0. The monoisotopic (exact) mass is 351 g/mol. The Kier molecular flexibility index (Phi) is 4.75. The quantitative estimate of drug-likeness (QED) is 0.705. The molecule has 0 radical (unpaired) electrons. The van der Waals surface area contributed by atoms with Gasteiger partial charge in [0.25, 0.3) is 5.91 Å². The number of amides is 1. The van der Waals surface area contributed by atoms with E-state index >= 15 is 0 Å². The van der Waals surface area contributed by atoms with Crippen molar-refractivity contribution in [3.63, 3.8) is 0 Å². The van der Waals surface area contributed by atoms with Crippen LogP contribution in [0.2, 0.25) is 0 Å². The lowest BCUT2D eigenvalue weighted by Gasteiger charge is -2.19. The SMILES string of the molecule is CC(C)(C)OC(=O)c1ccc(C(=O)NCc2cccc3cc[nH]c23)cn1. The third-order valence-electron chi connectivity index (χ3n) is 3.75. The molecule has 0 atom stereocenters. The van der Waals surface area contributed by atoms with Crippen molar-refractivity contribution in [2.45, 2.75) is 32.9 Å². The van der Waals surface area contributed by atoms with E-state index in [1.165, 1.54) is 12.3 Å². The maximum Gasteiger partial charge on any atom is 0.357 e. The molecule has 0 saturated carbocycles. The molecule has 0 saturated heterocycles. The van der Waals surface area contributed by atoms with Crippen LogP contribution in [0.1, 0.15) is 47.2 Å². The topological polar surface area (TPSA) is 84.1 Å². The van der Waals surface area contributed by atoms with Crippen molar-refractivity contribution in [3.8, 4) is 0 Å². The minimum atomic E-state index is -0.590. The highest BCUT2D eigenvalue weighted by atomic mass is 16.6. The predicted octanol–water partition coefficient (Wildman–Crippen LogP) is 3.45. The molecule has 0 unspecified atom stereocenters. The zero-order valence-corrected chi connectivity index (χ0v) is 15.0. The number of H-pyrrole nitrogens is 1. The minimum absolute atomic E-state index is 0.174. The number of ether oxygens (including phenoxy) is 1. The summed E-state index contributed by atoms with van der Waals surface area (Å²) in [6.07, 6.45) is 3.25. The maximum atomic E-state index is 12.3. The first-order valence-electron chi connectivity index (χ1n) is 8.36. The first-order chi connectivity index (χ1) is 12.3. The van der Waals surface area contributed by atoms with Crippen molar-refractivity contribution in [3.05, 3.63) is 65.6 Å². The third kappa shape index (κ3) is 4.08. The molecule has 3 aromatic rings. The molecule has 0 bridgehead atoms. The van der Waals surface area contributed by atoms with E-state index in [1.54, 1.807) is 26.8 Å². The van der Waals surface area contributed by atoms with Gasteiger partial charge in [0.1, 0.15) is 11.3 Å². The van der Waals surface area contributed by atoms with Gasteiger partial charge in [0, 0.05) is 18.9 Å². The molecule has 2 aromatic heterocycles. The van der Waals surface area contributed by atoms with Crippen LogP contribution in [-0.4, -0.2) is 27.4 Å². The van der Waals surface area contributed by atoms with Crippen LogP contribution in [0.25, 0.3) is 10.9 Å². The van der Waals surface area contributed by atoms with Gasteiger partial charge in [0.05, 0.1) is 11.1 Å². The molecule has 0 aliphatic carbocycles. The maximum absolute atomic E-state index is 12.3. The molecular formula is C20H21N3O3. The number of fused-ring (bicyclic) bond motifs is 1. The average Bonchev–Trinajstić information content (AvgIpc) is 3.07. The van der Waals surface area contributed by atoms with Gasteiger partial charge in [0.2, 0.25) is 0 Å². The largest absolute Gasteiger partial charge is 0.455 e. The van der Waals surface area contributed by atoms with Crippen LogP contribution in [-0.2, 0) is 11.3 Å².